The molecule has 3 N–H and O–H groups in total. The van der Waals surface area contributed by atoms with Crippen molar-refractivity contribution in [2.75, 3.05) is 20.0 Å². The second-order valence-electron chi connectivity index (χ2n) is 4.37. The molecule has 0 bridgehead atoms. The third kappa shape index (κ3) is 2.89. The summed E-state index contributed by atoms with van der Waals surface area (Å²) in [7, 11) is 2.80. The lowest BCUT2D eigenvalue weighted by atomic mass is 9.98. The second kappa shape index (κ2) is 6.20. The largest absolute Gasteiger partial charge is 0.493 e. The van der Waals surface area contributed by atoms with E-state index in [0.717, 1.165) is 0 Å². The molecular formula is C15H15ClFNO3. The number of ether oxygens (including phenoxy) is 2. The minimum Gasteiger partial charge on any atom is -0.493 e. The van der Waals surface area contributed by atoms with Crippen molar-refractivity contribution in [1.29, 1.82) is 0 Å². The van der Waals surface area contributed by atoms with Crippen LogP contribution in [0.4, 0.5) is 10.1 Å². The normalized spacial score (nSPS) is 12.0. The molecule has 0 saturated heterocycles. The summed E-state index contributed by atoms with van der Waals surface area (Å²) >= 11 is 5.90. The number of nitrogens with two attached hydrogens (primary N) is 1. The molecule has 0 aromatic heterocycles. The summed E-state index contributed by atoms with van der Waals surface area (Å²) in [6.07, 6.45) is -1.33. The van der Waals surface area contributed by atoms with Crippen LogP contribution in [0.5, 0.6) is 11.5 Å². The van der Waals surface area contributed by atoms with E-state index in [1.807, 2.05) is 0 Å². The molecule has 1 unspecified atom stereocenters. The average Bonchev–Trinajstić information content (AvgIpc) is 2.48. The van der Waals surface area contributed by atoms with Crippen molar-refractivity contribution < 1.29 is 19.0 Å². The maximum Gasteiger partial charge on any atom is 0.169 e. The maximum atomic E-state index is 14.2. The Morgan fingerprint density at radius 1 is 1.19 bits per heavy atom. The SMILES string of the molecule is COc1ccc(F)c(C(O)c2cc(Cl)ccc2N)c1OC. The molecule has 2 aromatic rings. The van der Waals surface area contributed by atoms with Crippen molar-refractivity contribution >= 4 is 17.3 Å². The van der Waals surface area contributed by atoms with Crippen molar-refractivity contribution in [1.82, 2.24) is 0 Å². The molecular weight excluding hydrogens is 297 g/mol. The lowest BCUT2D eigenvalue weighted by molar-refractivity contribution is 0.207. The number of aliphatic hydroxyl groups excluding tert-OH is 1. The molecule has 21 heavy (non-hydrogen) atoms. The first-order valence-corrected chi connectivity index (χ1v) is 6.50. The standard InChI is InChI=1S/C15H15ClFNO3/c1-20-12-6-4-10(17)13(15(12)21-2)14(19)9-7-8(16)3-5-11(9)18/h3-7,14,19H,18H2,1-2H3. The molecule has 0 heterocycles. The molecule has 4 nitrogen and oxygen atoms in total. The van der Waals surface area contributed by atoms with Crippen molar-refractivity contribution in [3.63, 3.8) is 0 Å². The van der Waals surface area contributed by atoms with Crippen molar-refractivity contribution in [3.8, 4) is 11.5 Å². The van der Waals surface area contributed by atoms with Gasteiger partial charge in [-0.05, 0) is 30.3 Å². The van der Waals surface area contributed by atoms with E-state index in [9.17, 15) is 9.50 Å². The first kappa shape index (κ1) is 15.4. The second-order valence-corrected chi connectivity index (χ2v) is 4.81. The van der Waals surface area contributed by atoms with Gasteiger partial charge in [0.05, 0.1) is 19.8 Å². The Balaban J connectivity index is 2.62. The van der Waals surface area contributed by atoms with Gasteiger partial charge < -0.3 is 20.3 Å². The fourth-order valence-corrected chi connectivity index (χ4v) is 2.30. The van der Waals surface area contributed by atoms with Gasteiger partial charge in [0.15, 0.2) is 11.5 Å². The van der Waals surface area contributed by atoms with Crippen LogP contribution in [0, 0.1) is 5.82 Å². The maximum absolute atomic E-state index is 14.2. The minimum absolute atomic E-state index is 0.0502. The van der Waals surface area contributed by atoms with Gasteiger partial charge in [0, 0.05) is 16.3 Å². The molecule has 1 atom stereocenters. The van der Waals surface area contributed by atoms with Gasteiger partial charge in [-0.1, -0.05) is 11.6 Å². The van der Waals surface area contributed by atoms with Gasteiger partial charge in [-0.15, -0.1) is 0 Å². The molecule has 0 aliphatic heterocycles. The van der Waals surface area contributed by atoms with Crippen molar-refractivity contribution in [3.05, 3.63) is 52.3 Å². The van der Waals surface area contributed by atoms with Gasteiger partial charge in [0.1, 0.15) is 11.9 Å². The Morgan fingerprint density at radius 2 is 1.90 bits per heavy atom. The summed E-state index contributed by atoms with van der Waals surface area (Å²) in [5.41, 5.74) is 6.38. The Morgan fingerprint density at radius 3 is 2.52 bits per heavy atom. The Hall–Kier alpha value is -1.98. The number of hydrogen-bond donors (Lipinski definition) is 2. The molecule has 0 aliphatic rings. The van der Waals surface area contributed by atoms with E-state index in [0.29, 0.717) is 22.0 Å². The molecule has 2 aromatic carbocycles. The summed E-state index contributed by atoms with van der Waals surface area (Å²) in [4.78, 5) is 0. The number of hydrogen-bond acceptors (Lipinski definition) is 4. The first-order chi connectivity index (χ1) is 9.99. The zero-order chi connectivity index (χ0) is 15.6. The quantitative estimate of drug-likeness (QED) is 0.851. The van der Waals surface area contributed by atoms with E-state index in [4.69, 9.17) is 26.8 Å². The monoisotopic (exact) mass is 311 g/mol. The van der Waals surface area contributed by atoms with Gasteiger partial charge in [0.2, 0.25) is 0 Å². The Bertz CT molecular complexity index is 664. The van der Waals surface area contributed by atoms with Gasteiger partial charge in [-0.25, -0.2) is 4.39 Å². The lowest BCUT2D eigenvalue weighted by Crippen LogP contribution is -2.09. The van der Waals surface area contributed by atoms with Crippen LogP contribution in [-0.4, -0.2) is 19.3 Å². The highest BCUT2D eigenvalue weighted by molar-refractivity contribution is 6.30. The minimum atomic E-state index is -1.33. The van der Waals surface area contributed by atoms with Crippen LogP contribution in [0.2, 0.25) is 5.02 Å². The fourth-order valence-electron chi connectivity index (χ4n) is 2.12. The number of anilines is 1. The topological polar surface area (TPSA) is 64.7 Å². The van der Waals surface area contributed by atoms with Crippen LogP contribution < -0.4 is 15.2 Å². The van der Waals surface area contributed by atoms with E-state index in [1.165, 1.54) is 32.4 Å². The Kier molecular flexibility index (Phi) is 4.55. The number of benzene rings is 2. The smallest absolute Gasteiger partial charge is 0.169 e. The van der Waals surface area contributed by atoms with Gasteiger partial charge in [0.25, 0.3) is 0 Å². The molecule has 0 amide bonds. The van der Waals surface area contributed by atoms with Crippen LogP contribution in [0.3, 0.4) is 0 Å². The Labute approximate surface area is 126 Å². The van der Waals surface area contributed by atoms with E-state index in [2.05, 4.69) is 0 Å². The van der Waals surface area contributed by atoms with Crippen LogP contribution in [0.1, 0.15) is 17.2 Å². The van der Waals surface area contributed by atoms with E-state index in [-0.39, 0.29) is 11.3 Å². The van der Waals surface area contributed by atoms with E-state index in [1.54, 1.807) is 12.1 Å². The van der Waals surface area contributed by atoms with Gasteiger partial charge in [-0.3, -0.25) is 0 Å². The van der Waals surface area contributed by atoms with Crippen molar-refractivity contribution in [2.24, 2.45) is 0 Å². The van der Waals surface area contributed by atoms with E-state index < -0.39 is 11.9 Å². The molecule has 112 valence electrons. The van der Waals surface area contributed by atoms with Crippen LogP contribution in [0.25, 0.3) is 0 Å². The van der Waals surface area contributed by atoms with Crippen molar-refractivity contribution in [2.45, 2.75) is 6.10 Å². The van der Waals surface area contributed by atoms with Gasteiger partial charge >= 0.3 is 0 Å². The number of aliphatic hydroxyl groups is 1. The van der Waals surface area contributed by atoms with Crippen LogP contribution in [0.15, 0.2) is 30.3 Å². The number of methoxy groups -OCH3 is 2. The molecule has 0 fully saturated rings. The third-order valence-corrected chi connectivity index (χ3v) is 3.38. The highest BCUT2D eigenvalue weighted by atomic mass is 35.5. The molecule has 0 radical (unpaired) electrons. The first-order valence-electron chi connectivity index (χ1n) is 6.13. The fraction of sp³-hybridized carbons (Fsp3) is 0.200. The number of halogens is 2. The molecule has 2 rings (SSSR count). The predicted octanol–water partition coefficient (Wildman–Crippen LogP) is 3.16. The summed E-state index contributed by atoms with van der Waals surface area (Å²) in [6.45, 7) is 0. The predicted molar refractivity (Wildman–Crippen MR) is 79.4 cm³/mol. The highest BCUT2D eigenvalue weighted by Crippen LogP contribution is 2.40. The van der Waals surface area contributed by atoms with Crippen LogP contribution in [-0.2, 0) is 0 Å². The highest BCUT2D eigenvalue weighted by Gasteiger charge is 2.25. The zero-order valence-electron chi connectivity index (χ0n) is 11.6. The number of rotatable bonds is 4. The third-order valence-electron chi connectivity index (χ3n) is 3.15. The lowest BCUT2D eigenvalue weighted by Gasteiger charge is -2.19. The number of nitrogen functional groups attached to an aromatic ring is 1. The molecule has 6 heteroatoms. The zero-order valence-corrected chi connectivity index (χ0v) is 12.3. The summed E-state index contributed by atoms with van der Waals surface area (Å²) in [6, 6.07) is 7.24. The molecule has 0 spiro atoms. The van der Waals surface area contributed by atoms with E-state index >= 15 is 0 Å². The van der Waals surface area contributed by atoms with Crippen LogP contribution >= 0.6 is 11.6 Å². The average molecular weight is 312 g/mol. The summed E-state index contributed by atoms with van der Waals surface area (Å²) in [5.74, 6) is -0.197. The summed E-state index contributed by atoms with van der Waals surface area (Å²) < 4.78 is 24.4. The summed E-state index contributed by atoms with van der Waals surface area (Å²) in [5, 5.41) is 10.9. The molecule has 0 aliphatic carbocycles. The molecule has 0 saturated carbocycles. The van der Waals surface area contributed by atoms with Gasteiger partial charge in [-0.2, -0.15) is 0 Å².